The monoisotopic (exact) mass is 482 g/mol. The molecule has 2 saturated heterocycles. The first-order chi connectivity index (χ1) is 17.0. The van der Waals surface area contributed by atoms with E-state index in [2.05, 4.69) is 25.2 Å². The number of nitrogens with zero attached hydrogens (tertiary/aromatic N) is 6. The lowest BCUT2D eigenvalue weighted by Gasteiger charge is -2.40. The predicted octanol–water partition coefficient (Wildman–Crippen LogP) is 0.548. The predicted molar refractivity (Wildman–Crippen MR) is 126 cm³/mol. The second-order valence-electron chi connectivity index (χ2n) is 9.64. The van der Waals surface area contributed by atoms with Crippen molar-refractivity contribution in [3.63, 3.8) is 0 Å². The standard InChI is InChI=1S/C23H30N8O4/c1-30(23(32)29-20-16-11-34-12-17(16)20)14-6-15(7-14)35-19-8-18(13-9-25-21(24)26-10-13)27-22(28-19)31-2-4-33-5-3-31/h8-10,14-17,20H,2-7,11-12H2,1H3,(H,29,32)(H2,24,25,26)/t14-,15-,16-,17+,20+. The van der Waals surface area contributed by atoms with E-state index in [9.17, 15) is 4.79 Å². The summed E-state index contributed by atoms with van der Waals surface area (Å²) in [6.45, 7) is 4.19. The number of nitrogens with one attached hydrogen (secondary N) is 1. The number of nitrogen functional groups attached to an aromatic ring is 1. The molecule has 0 unspecified atom stereocenters. The Morgan fingerprint density at radius 3 is 2.57 bits per heavy atom. The van der Waals surface area contributed by atoms with Crippen LogP contribution in [0.5, 0.6) is 5.88 Å². The number of carbonyl (C=O) groups is 1. The molecule has 6 rings (SSSR count). The molecule has 0 aromatic carbocycles. The minimum absolute atomic E-state index is 0.0184. The van der Waals surface area contributed by atoms with Crippen LogP contribution in [0.1, 0.15) is 12.8 Å². The Morgan fingerprint density at radius 2 is 1.86 bits per heavy atom. The zero-order valence-electron chi connectivity index (χ0n) is 19.7. The number of fused-ring (bicyclic) bond motifs is 1. The Balaban J connectivity index is 1.10. The lowest BCUT2D eigenvalue weighted by atomic mass is 9.88. The maximum absolute atomic E-state index is 12.6. The molecule has 35 heavy (non-hydrogen) atoms. The summed E-state index contributed by atoms with van der Waals surface area (Å²) in [6.07, 6.45) is 4.77. The number of urea groups is 1. The minimum atomic E-state index is -0.0214. The molecule has 0 radical (unpaired) electrons. The van der Waals surface area contributed by atoms with Crippen LogP contribution in [0.3, 0.4) is 0 Å². The van der Waals surface area contributed by atoms with Gasteiger partial charge in [-0.1, -0.05) is 0 Å². The van der Waals surface area contributed by atoms with Crippen LogP contribution in [-0.4, -0.2) is 95.6 Å². The third-order valence-electron chi connectivity index (χ3n) is 7.42. The molecule has 0 bridgehead atoms. The first-order valence-corrected chi connectivity index (χ1v) is 12.1. The zero-order chi connectivity index (χ0) is 23.9. The average molecular weight is 483 g/mol. The van der Waals surface area contributed by atoms with Crippen molar-refractivity contribution in [2.75, 3.05) is 57.2 Å². The van der Waals surface area contributed by atoms with Gasteiger partial charge in [-0.05, 0) is 0 Å². The number of ether oxygens (including phenoxy) is 3. The summed E-state index contributed by atoms with van der Waals surface area (Å²) in [5.74, 6) is 2.27. The summed E-state index contributed by atoms with van der Waals surface area (Å²) in [4.78, 5) is 34.1. The normalized spacial score (nSPS) is 29.2. The van der Waals surface area contributed by atoms with Gasteiger partial charge in [0, 0.05) is 80.9 Å². The van der Waals surface area contributed by atoms with E-state index in [1.54, 1.807) is 23.4 Å². The summed E-state index contributed by atoms with van der Waals surface area (Å²) >= 11 is 0. The van der Waals surface area contributed by atoms with E-state index in [1.807, 2.05) is 7.05 Å². The molecule has 12 heteroatoms. The Morgan fingerprint density at radius 1 is 1.14 bits per heavy atom. The molecular weight excluding hydrogens is 452 g/mol. The summed E-state index contributed by atoms with van der Waals surface area (Å²) in [6, 6.07) is 2.19. The first kappa shape index (κ1) is 22.2. The minimum Gasteiger partial charge on any atom is -0.474 e. The molecule has 4 aliphatic rings. The fourth-order valence-electron chi connectivity index (χ4n) is 4.98. The molecular formula is C23H30N8O4. The fraction of sp³-hybridized carbons (Fsp3) is 0.609. The van der Waals surface area contributed by atoms with Crippen LogP contribution >= 0.6 is 0 Å². The van der Waals surface area contributed by atoms with Gasteiger partial charge >= 0.3 is 6.03 Å². The smallest absolute Gasteiger partial charge is 0.317 e. The number of hydrogen-bond acceptors (Lipinski definition) is 10. The van der Waals surface area contributed by atoms with Gasteiger partial charge in [-0.25, -0.2) is 19.7 Å². The van der Waals surface area contributed by atoms with Gasteiger partial charge in [0.05, 0.1) is 32.1 Å². The van der Waals surface area contributed by atoms with Gasteiger partial charge in [0.25, 0.3) is 0 Å². The lowest BCUT2D eigenvalue weighted by Crippen LogP contribution is -2.53. The highest BCUT2D eigenvalue weighted by Crippen LogP contribution is 2.44. The van der Waals surface area contributed by atoms with Crippen molar-refractivity contribution in [3.8, 4) is 17.1 Å². The van der Waals surface area contributed by atoms with Crippen molar-refractivity contribution in [3.05, 3.63) is 18.5 Å². The highest BCUT2D eigenvalue weighted by molar-refractivity contribution is 5.75. The van der Waals surface area contributed by atoms with Gasteiger partial charge in [-0.15, -0.1) is 0 Å². The molecule has 12 nitrogen and oxygen atoms in total. The Bertz CT molecular complexity index is 1060. The van der Waals surface area contributed by atoms with E-state index in [0.29, 0.717) is 55.7 Å². The third kappa shape index (κ3) is 4.55. The van der Waals surface area contributed by atoms with Gasteiger partial charge in [0.2, 0.25) is 17.8 Å². The van der Waals surface area contributed by atoms with Crippen molar-refractivity contribution in [2.24, 2.45) is 11.8 Å². The number of amides is 2. The van der Waals surface area contributed by atoms with E-state index < -0.39 is 0 Å². The van der Waals surface area contributed by atoms with E-state index in [4.69, 9.17) is 24.9 Å². The molecule has 2 aromatic rings. The van der Waals surface area contributed by atoms with Gasteiger partial charge in [0.15, 0.2) is 0 Å². The van der Waals surface area contributed by atoms with Gasteiger partial charge in [-0.3, -0.25) is 0 Å². The largest absolute Gasteiger partial charge is 0.474 e. The van der Waals surface area contributed by atoms with Crippen LogP contribution < -0.4 is 20.7 Å². The fourth-order valence-corrected chi connectivity index (χ4v) is 4.98. The summed E-state index contributed by atoms with van der Waals surface area (Å²) in [5, 5.41) is 3.15. The quantitative estimate of drug-likeness (QED) is 0.599. The second-order valence-corrected chi connectivity index (χ2v) is 9.64. The van der Waals surface area contributed by atoms with Crippen LogP contribution in [0.15, 0.2) is 18.5 Å². The summed E-state index contributed by atoms with van der Waals surface area (Å²) < 4.78 is 17.1. The molecule has 4 heterocycles. The number of nitrogens with two attached hydrogens (primary N) is 1. The number of rotatable bonds is 6. The lowest BCUT2D eigenvalue weighted by molar-refractivity contribution is 0.0400. The molecule has 186 valence electrons. The van der Waals surface area contributed by atoms with Crippen LogP contribution in [0.2, 0.25) is 0 Å². The van der Waals surface area contributed by atoms with Crippen molar-refractivity contribution in [1.29, 1.82) is 0 Å². The maximum Gasteiger partial charge on any atom is 0.317 e. The van der Waals surface area contributed by atoms with Crippen molar-refractivity contribution in [2.45, 2.75) is 31.0 Å². The molecule has 0 spiro atoms. The number of carbonyl (C=O) groups excluding carboxylic acids is 1. The maximum atomic E-state index is 12.6. The van der Waals surface area contributed by atoms with Crippen LogP contribution in [0.25, 0.3) is 11.3 Å². The molecule has 3 atom stereocenters. The van der Waals surface area contributed by atoms with E-state index in [0.717, 1.165) is 31.6 Å². The van der Waals surface area contributed by atoms with E-state index in [-0.39, 0.29) is 30.2 Å². The molecule has 2 aliphatic carbocycles. The van der Waals surface area contributed by atoms with Crippen molar-refractivity contribution < 1.29 is 19.0 Å². The molecule has 2 aliphatic heterocycles. The number of morpholine rings is 1. The average Bonchev–Trinajstić information content (AvgIpc) is 3.25. The number of anilines is 2. The van der Waals surface area contributed by atoms with Crippen LogP contribution in [-0.2, 0) is 9.47 Å². The van der Waals surface area contributed by atoms with Crippen LogP contribution in [0.4, 0.5) is 16.7 Å². The van der Waals surface area contributed by atoms with Crippen molar-refractivity contribution >= 4 is 17.9 Å². The topological polar surface area (TPSA) is 141 Å². The van der Waals surface area contributed by atoms with E-state index in [1.165, 1.54) is 0 Å². The Kier molecular flexibility index (Phi) is 5.77. The number of aromatic nitrogens is 4. The highest BCUT2D eigenvalue weighted by atomic mass is 16.5. The third-order valence-corrected chi connectivity index (χ3v) is 7.42. The molecule has 2 saturated carbocycles. The SMILES string of the molecule is CN(C(=O)N[C@H]1[C@@H]2COC[C@@H]21)[C@H]1C[C@H](Oc2cc(-c3cnc(N)nc3)nc(N3CCOCC3)n2)C1. The van der Waals surface area contributed by atoms with Gasteiger partial charge in [0.1, 0.15) is 6.10 Å². The molecule has 4 fully saturated rings. The first-order valence-electron chi connectivity index (χ1n) is 12.1. The highest BCUT2D eigenvalue weighted by Gasteiger charge is 2.55. The Hall–Kier alpha value is -3.25. The van der Waals surface area contributed by atoms with Gasteiger partial charge < -0.3 is 35.1 Å². The number of hydrogen-bond donors (Lipinski definition) is 2. The molecule has 3 N–H and O–H groups in total. The van der Waals surface area contributed by atoms with Crippen molar-refractivity contribution in [1.82, 2.24) is 30.2 Å². The summed E-state index contributed by atoms with van der Waals surface area (Å²) in [5.41, 5.74) is 7.05. The zero-order valence-corrected chi connectivity index (χ0v) is 19.7. The van der Waals surface area contributed by atoms with Crippen LogP contribution in [0, 0.1) is 11.8 Å². The molecule has 2 amide bonds. The van der Waals surface area contributed by atoms with E-state index >= 15 is 0 Å². The molecule has 2 aromatic heterocycles. The van der Waals surface area contributed by atoms with Gasteiger partial charge in [-0.2, -0.15) is 4.98 Å². The summed E-state index contributed by atoms with van der Waals surface area (Å²) in [7, 11) is 1.85. The second kappa shape index (κ2) is 9.08. The Labute approximate surface area is 203 Å².